The molecule has 0 amide bonds. The van der Waals surface area contributed by atoms with Crippen LogP contribution in [0.4, 0.5) is 11.4 Å². The summed E-state index contributed by atoms with van der Waals surface area (Å²) in [5, 5.41) is 8.46. The van der Waals surface area contributed by atoms with Gasteiger partial charge in [0.05, 0.1) is 25.5 Å². The van der Waals surface area contributed by atoms with Gasteiger partial charge in [0.25, 0.3) is 0 Å². The Morgan fingerprint density at radius 2 is 1.93 bits per heavy atom. The van der Waals surface area contributed by atoms with Crippen molar-refractivity contribution in [3.8, 4) is 5.75 Å². The number of anilines is 2. The van der Waals surface area contributed by atoms with E-state index in [0.29, 0.717) is 36.9 Å². The van der Waals surface area contributed by atoms with Crippen LogP contribution in [0, 0.1) is 0 Å². The van der Waals surface area contributed by atoms with Crippen molar-refractivity contribution in [3.63, 3.8) is 0 Å². The number of hydrogen-bond donors (Lipinski definition) is 3. The molecule has 0 aromatic heterocycles. The van der Waals surface area contributed by atoms with E-state index in [2.05, 4.69) is 0 Å². The Kier molecular flexibility index (Phi) is 4.73. The van der Waals surface area contributed by atoms with Crippen molar-refractivity contribution in [2.24, 2.45) is 0 Å². The average molecular weight is 212 g/mol. The van der Waals surface area contributed by atoms with Crippen LogP contribution in [0.3, 0.4) is 0 Å². The van der Waals surface area contributed by atoms with Crippen LogP contribution in [0.15, 0.2) is 18.2 Å². The molecule has 5 nitrogen and oxygen atoms in total. The minimum absolute atomic E-state index is 0.0179. The number of nitrogens with two attached hydrogens (primary N) is 2. The first kappa shape index (κ1) is 11.6. The Morgan fingerprint density at radius 1 is 1.13 bits per heavy atom. The summed E-state index contributed by atoms with van der Waals surface area (Å²) in [6.07, 6.45) is 0. The number of aliphatic hydroxyl groups excluding tert-OH is 1. The number of aliphatic hydroxyl groups is 1. The van der Waals surface area contributed by atoms with E-state index in [-0.39, 0.29) is 6.61 Å². The molecule has 0 saturated heterocycles. The lowest BCUT2D eigenvalue weighted by molar-refractivity contribution is 0.0707. The molecule has 0 aliphatic heterocycles. The van der Waals surface area contributed by atoms with E-state index in [9.17, 15) is 0 Å². The highest BCUT2D eigenvalue weighted by Crippen LogP contribution is 2.23. The van der Waals surface area contributed by atoms with Crippen molar-refractivity contribution in [2.75, 3.05) is 37.9 Å². The minimum Gasteiger partial charge on any atom is -0.489 e. The molecule has 0 aliphatic rings. The molecule has 0 heterocycles. The van der Waals surface area contributed by atoms with E-state index in [4.69, 9.17) is 26.0 Å². The second-order valence-corrected chi connectivity index (χ2v) is 2.98. The lowest BCUT2D eigenvalue weighted by atomic mass is 10.2. The maximum Gasteiger partial charge on any atom is 0.142 e. The van der Waals surface area contributed by atoms with Gasteiger partial charge in [0.2, 0.25) is 0 Å². The summed E-state index contributed by atoms with van der Waals surface area (Å²) < 4.78 is 10.4. The van der Waals surface area contributed by atoms with Gasteiger partial charge in [0.15, 0.2) is 0 Å². The van der Waals surface area contributed by atoms with Gasteiger partial charge in [-0.2, -0.15) is 0 Å². The van der Waals surface area contributed by atoms with E-state index in [1.165, 1.54) is 0 Å². The first-order chi connectivity index (χ1) is 7.24. The fourth-order valence-electron chi connectivity index (χ4n) is 1.08. The number of rotatable bonds is 6. The van der Waals surface area contributed by atoms with E-state index < -0.39 is 0 Å². The van der Waals surface area contributed by atoms with Crippen LogP contribution in [0.5, 0.6) is 5.75 Å². The fraction of sp³-hybridized carbons (Fsp3) is 0.400. The molecule has 5 N–H and O–H groups in total. The third-order valence-corrected chi connectivity index (χ3v) is 1.75. The summed E-state index contributed by atoms with van der Waals surface area (Å²) in [4.78, 5) is 0. The highest BCUT2D eigenvalue weighted by Gasteiger charge is 1.99. The molecule has 0 saturated carbocycles. The Bertz CT molecular complexity index is 305. The molecule has 0 radical (unpaired) electrons. The Hall–Kier alpha value is -1.46. The molecule has 0 atom stereocenters. The van der Waals surface area contributed by atoms with Gasteiger partial charge >= 0.3 is 0 Å². The van der Waals surface area contributed by atoms with Gasteiger partial charge in [0, 0.05) is 5.69 Å². The highest BCUT2D eigenvalue weighted by molar-refractivity contribution is 5.60. The van der Waals surface area contributed by atoms with E-state index in [0.717, 1.165) is 0 Å². The molecule has 0 spiro atoms. The normalized spacial score (nSPS) is 10.2. The van der Waals surface area contributed by atoms with Crippen LogP contribution >= 0.6 is 0 Å². The number of nitrogen functional groups attached to an aromatic ring is 2. The van der Waals surface area contributed by atoms with Crippen molar-refractivity contribution in [1.29, 1.82) is 0 Å². The Balaban J connectivity index is 2.31. The van der Waals surface area contributed by atoms with Crippen LogP contribution in [0.2, 0.25) is 0 Å². The second kappa shape index (κ2) is 6.10. The van der Waals surface area contributed by atoms with Gasteiger partial charge in [-0.25, -0.2) is 0 Å². The second-order valence-electron chi connectivity index (χ2n) is 2.98. The standard InChI is InChI=1S/C10H16N2O3/c11-8-1-2-10(9(12)7-8)15-6-5-14-4-3-13/h1-2,7,13H,3-6,11-12H2. The van der Waals surface area contributed by atoms with Crippen LogP contribution in [-0.2, 0) is 4.74 Å². The Morgan fingerprint density at radius 3 is 2.60 bits per heavy atom. The number of hydrogen-bond acceptors (Lipinski definition) is 5. The van der Waals surface area contributed by atoms with E-state index in [1.807, 2.05) is 0 Å². The van der Waals surface area contributed by atoms with Crippen LogP contribution in [-0.4, -0.2) is 31.5 Å². The average Bonchev–Trinajstić information content (AvgIpc) is 2.20. The van der Waals surface area contributed by atoms with Crippen molar-refractivity contribution in [1.82, 2.24) is 0 Å². The molecule has 84 valence electrons. The van der Waals surface area contributed by atoms with E-state index in [1.54, 1.807) is 18.2 Å². The first-order valence-electron chi connectivity index (χ1n) is 4.70. The van der Waals surface area contributed by atoms with E-state index >= 15 is 0 Å². The fourth-order valence-corrected chi connectivity index (χ4v) is 1.08. The van der Waals surface area contributed by atoms with Gasteiger partial charge < -0.3 is 26.0 Å². The molecule has 0 unspecified atom stereocenters. The zero-order chi connectivity index (χ0) is 11.1. The summed E-state index contributed by atoms with van der Waals surface area (Å²) in [7, 11) is 0. The first-order valence-corrected chi connectivity index (χ1v) is 4.70. The molecule has 0 aliphatic carbocycles. The largest absolute Gasteiger partial charge is 0.489 e. The molecule has 1 rings (SSSR count). The number of benzene rings is 1. The molecule has 5 heteroatoms. The maximum atomic E-state index is 8.46. The van der Waals surface area contributed by atoms with Crippen molar-refractivity contribution < 1.29 is 14.6 Å². The lowest BCUT2D eigenvalue weighted by Crippen LogP contribution is -2.10. The zero-order valence-electron chi connectivity index (χ0n) is 8.48. The maximum absolute atomic E-state index is 8.46. The van der Waals surface area contributed by atoms with Gasteiger partial charge in [-0.1, -0.05) is 0 Å². The molecule has 15 heavy (non-hydrogen) atoms. The third kappa shape index (κ3) is 4.05. The van der Waals surface area contributed by atoms with Crippen LogP contribution < -0.4 is 16.2 Å². The summed E-state index contributed by atoms with van der Waals surface area (Å²) in [6.45, 7) is 1.16. The molecular formula is C10H16N2O3. The molecular weight excluding hydrogens is 196 g/mol. The summed E-state index contributed by atoms with van der Waals surface area (Å²) in [6, 6.07) is 5.08. The van der Waals surface area contributed by atoms with Gasteiger partial charge in [-0.3, -0.25) is 0 Å². The van der Waals surface area contributed by atoms with Crippen LogP contribution in [0.1, 0.15) is 0 Å². The smallest absolute Gasteiger partial charge is 0.142 e. The molecule has 1 aromatic carbocycles. The van der Waals surface area contributed by atoms with Gasteiger partial charge in [-0.05, 0) is 18.2 Å². The summed E-state index contributed by atoms with van der Waals surface area (Å²) in [5.41, 5.74) is 12.3. The Labute approximate surface area is 88.6 Å². The summed E-state index contributed by atoms with van der Waals surface area (Å²) >= 11 is 0. The SMILES string of the molecule is Nc1ccc(OCCOCCO)c(N)c1. The van der Waals surface area contributed by atoms with Crippen molar-refractivity contribution >= 4 is 11.4 Å². The summed E-state index contributed by atoms with van der Waals surface area (Å²) in [5.74, 6) is 0.594. The molecule has 0 bridgehead atoms. The predicted octanol–water partition coefficient (Wildman–Crippen LogP) is 0.239. The predicted molar refractivity (Wildman–Crippen MR) is 58.7 cm³/mol. The monoisotopic (exact) mass is 212 g/mol. The van der Waals surface area contributed by atoms with Gasteiger partial charge in [-0.15, -0.1) is 0 Å². The van der Waals surface area contributed by atoms with Crippen LogP contribution in [0.25, 0.3) is 0 Å². The lowest BCUT2D eigenvalue weighted by Gasteiger charge is -2.09. The topological polar surface area (TPSA) is 90.7 Å². The minimum atomic E-state index is 0.0179. The van der Waals surface area contributed by atoms with Crippen molar-refractivity contribution in [2.45, 2.75) is 0 Å². The molecule has 1 aromatic rings. The zero-order valence-corrected chi connectivity index (χ0v) is 8.48. The third-order valence-electron chi connectivity index (χ3n) is 1.75. The molecule has 0 fully saturated rings. The van der Waals surface area contributed by atoms with Gasteiger partial charge in [0.1, 0.15) is 12.4 Å². The highest BCUT2D eigenvalue weighted by atomic mass is 16.5. The van der Waals surface area contributed by atoms with Crippen molar-refractivity contribution in [3.05, 3.63) is 18.2 Å². The quantitative estimate of drug-likeness (QED) is 0.464. The number of ether oxygens (including phenoxy) is 2.